The maximum absolute atomic E-state index is 8.49. The van der Waals surface area contributed by atoms with Crippen molar-refractivity contribution in [1.82, 2.24) is 5.32 Å². The van der Waals surface area contributed by atoms with Crippen molar-refractivity contribution in [1.29, 1.82) is 5.26 Å². The lowest BCUT2D eigenvalue weighted by Crippen LogP contribution is -2.18. The van der Waals surface area contributed by atoms with Gasteiger partial charge in [-0.1, -0.05) is 19.9 Å². The molecule has 0 heterocycles. The highest BCUT2D eigenvalue weighted by Crippen LogP contribution is 2.27. The minimum atomic E-state index is 0.0291. The van der Waals surface area contributed by atoms with Crippen LogP contribution in [-0.4, -0.2) is 20.3 Å². The maximum atomic E-state index is 8.49. The van der Waals surface area contributed by atoms with Crippen LogP contribution in [0.15, 0.2) is 18.2 Å². The van der Waals surface area contributed by atoms with Crippen LogP contribution in [0.4, 0.5) is 0 Å². The van der Waals surface area contributed by atoms with Crippen LogP contribution in [0.3, 0.4) is 0 Å². The second-order valence-electron chi connectivity index (χ2n) is 4.46. The van der Waals surface area contributed by atoms with Crippen molar-refractivity contribution < 1.29 is 9.47 Å². The van der Waals surface area contributed by atoms with E-state index in [1.165, 1.54) is 0 Å². The molecule has 4 nitrogen and oxygen atoms in total. The van der Waals surface area contributed by atoms with E-state index in [1.54, 1.807) is 7.11 Å². The van der Waals surface area contributed by atoms with Crippen LogP contribution in [0.1, 0.15) is 19.4 Å². The van der Waals surface area contributed by atoms with Crippen molar-refractivity contribution in [3.8, 4) is 17.6 Å². The zero-order valence-electron chi connectivity index (χ0n) is 11.2. The third kappa shape index (κ3) is 4.64. The van der Waals surface area contributed by atoms with Crippen LogP contribution >= 0.6 is 0 Å². The van der Waals surface area contributed by atoms with Crippen molar-refractivity contribution in [2.75, 3.05) is 20.3 Å². The first-order valence-electron chi connectivity index (χ1n) is 6.04. The number of ether oxygens (including phenoxy) is 2. The fourth-order valence-electron chi connectivity index (χ4n) is 1.56. The fourth-order valence-corrected chi connectivity index (χ4v) is 1.56. The number of hydrogen-bond acceptors (Lipinski definition) is 4. The normalized spacial score (nSPS) is 10.2. The molecule has 1 N–H and O–H groups in total. The molecule has 0 radical (unpaired) electrons. The van der Waals surface area contributed by atoms with Gasteiger partial charge in [0, 0.05) is 6.54 Å². The molecule has 0 unspecified atom stereocenters. The number of nitriles is 1. The predicted molar refractivity (Wildman–Crippen MR) is 70.6 cm³/mol. The average Bonchev–Trinajstić information content (AvgIpc) is 2.36. The summed E-state index contributed by atoms with van der Waals surface area (Å²) >= 11 is 0. The molecule has 4 heteroatoms. The lowest BCUT2D eigenvalue weighted by atomic mass is 10.2. The highest BCUT2D eigenvalue weighted by molar-refractivity contribution is 5.43. The van der Waals surface area contributed by atoms with Crippen LogP contribution in [0.2, 0.25) is 0 Å². The van der Waals surface area contributed by atoms with Gasteiger partial charge in [-0.15, -0.1) is 0 Å². The number of hydrogen-bond donors (Lipinski definition) is 1. The van der Waals surface area contributed by atoms with Gasteiger partial charge in [0.1, 0.15) is 6.07 Å². The van der Waals surface area contributed by atoms with Crippen LogP contribution in [0.25, 0.3) is 0 Å². The molecule has 0 bridgehead atoms. The van der Waals surface area contributed by atoms with E-state index in [0.717, 1.165) is 18.7 Å². The van der Waals surface area contributed by atoms with Gasteiger partial charge in [-0.2, -0.15) is 5.26 Å². The smallest absolute Gasteiger partial charge is 0.174 e. The van der Waals surface area contributed by atoms with E-state index in [1.807, 2.05) is 24.3 Å². The summed E-state index contributed by atoms with van der Waals surface area (Å²) in [5, 5.41) is 11.9. The molecule has 0 amide bonds. The minimum absolute atomic E-state index is 0.0291. The van der Waals surface area contributed by atoms with E-state index in [-0.39, 0.29) is 6.61 Å². The van der Waals surface area contributed by atoms with Gasteiger partial charge in [0.25, 0.3) is 0 Å². The lowest BCUT2D eigenvalue weighted by Gasteiger charge is -2.11. The Kier molecular flexibility index (Phi) is 6.03. The molecule has 0 saturated heterocycles. The Morgan fingerprint density at radius 1 is 1.33 bits per heavy atom. The van der Waals surface area contributed by atoms with Crippen LogP contribution in [0, 0.1) is 17.2 Å². The van der Waals surface area contributed by atoms with Gasteiger partial charge in [0.05, 0.1) is 7.11 Å². The Morgan fingerprint density at radius 3 is 2.72 bits per heavy atom. The molecule has 0 saturated carbocycles. The Bertz CT molecular complexity index is 411. The van der Waals surface area contributed by atoms with Crippen molar-refractivity contribution in [3.63, 3.8) is 0 Å². The highest BCUT2D eigenvalue weighted by atomic mass is 16.5. The number of methoxy groups -OCH3 is 1. The Hall–Kier alpha value is -1.73. The second-order valence-corrected chi connectivity index (χ2v) is 4.46. The molecule has 1 aromatic carbocycles. The number of nitrogens with zero attached hydrogens (tertiary/aromatic N) is 1. The van der Waals surface area contributed by atoms with Gasteiger partial charge >= 0.3 is 0 Å². The van der Waals surface area contributed by atoms with Gasteiger partial charge in [-0.3, -0.25) is 0 Å². The van der Waals surface area contributed by atoms with E-state index in [4.69, 9.17) is 14.7 Å². The molecule has 1 rings (SSSR count). The summed E-state index contributed by atoms with van der Waals surface area (Å²) in [4.78, 5) is 0. The number of nitrogens with one attached hydrogen (secondary N) is 1. The molecule has 0 aliphatic carbocycles. The first kappa shape index (κ1) is 14.3. The fraction of sp³-hybridized carbons (Fsp3) is 0.500. The molecular weight excluding hydrogens is 228 g/mol. The van der Waals surface area contributed by atoms with Gasteiger partial charge < -0.3 is 14.8 Å². The Labute approximate surface area is 109 Å². The largest absolute Gasteiger partial charge is 0.493 e. The minimum Gasteiger partial charge on any atom is -0.493 e. The van der Waals surface area contributed by atoms with E-state index in [9.17, 15) is 0 Å². The average molecular weight is 248 g/mol. The number of benzene rings is 1. The summed E-state index contributed by atoms with van der Waals surface area (Å²) < 4.78 is 10.5. The molecule has 0 aliphatic heterocycles. The van der Waals surface area contributed by atoms with Crippen LogP contribution in [0.5, 0.6) is 11.5 Å². The molecule has 1 aromatic rings. The first-order valence-corrected chi connectivity index (χ1v) is 6.04. The third-order valence-corrected chi connectivity index (χ3v) is 2.40. The maximum Gasteiger partial charge on any atom is 0.174 e. The molecule has 0 atom stereocenters. The summed E-state index contributed by atoms with van der Waals surface area (Å²) in [6.45, 7) is 6.15. The summed E-state index contributed by atoms with van der Waals surface area (Å²) in [5.74, 6) is 1.89. The molecule has 18 heavy (non-hydrogen) atoms. The van der Waals surface area contributed by atoms with Crippen molar-refractivity contribution >= 4 is 0 Å². The highest BCUT2D eigenvalue weighted by Gasteiger charge is 2.05. The Morgan fingerprint density at radius 2 is 2.11 bits per heavy atom. The van der Waals surface area contributed by atoms with E-state index < -0.39 is 0 Å². The van der Waals surface area contributed by atoms with Crippen LogP contribution in [-0.2, 0) is 6.54 Å². The third-order valence-electron chi connectivity index (χ3n) is 2.40. The molecular formula is C14H20N2O2. The summed E-state index contributed by atoms with van der Waals surface area (Å²) in [6.07, 6.45) is 0. The van der Waals surface area contributed by atoms with Gasteiger partial charge in [-0.25, -0.2) is 0 Å². The predicted octanol–water partition coefficient (Wildman–Crippen LogP) is 2.34. The summed E-state index contributed by atoms with van der Waals surface area (Å²) in [6, 6.07) is 7.68. The first-order chi connectivity index (χ1) is 8.67. The zero-order chi connectivity index (χ0) is 13.4. The van der Waals surface area contributed by atoms with E-state index in [0.29, 0.717) is 17.4 Å². The summed E-state index contributed by atoms with van der Waals surface area (Å²) in [7, 11) is 1.60. The number of rotatable bonds is 7. The standard InChI is InChI=1S/C14H20N2O2/c1-11(2)9-16-10-12-4-5-13(18-7-6-15)14(8-12)17-3/h4-5,8,11,16H,7,9-10H2,1-3H3. The Balaban J connectivity index is 2.64. The summed E-state index contributed by atoms with van der Waals surface area (Å²) in [5.41, 5.74) is 1.14. The van der Waals surface area contributed by atoms with E-state index >= 15 is 0 Å². The topological polar surface area (TPSA) is 54.3 Å². The molecule has 0 aliphatic rings. The van der Waals surface area contributed by atoms with Crippen molar-refractivity contribution in [3.05, 3.63) is 23.8 Å². The molecule has 0 aromatic heterocycles. The van der Waals surface area contributed by atoms with Crippen LogP contribution < -0.4 is 14.8 Å². The van der Waals surface area contributed by atoms with Crippen molar-refractivity contribution in [2.45, 2.75) is 20.4 Å². The lowest BCUT2D eigenvalue weighted by molar-refractivity contribution is 0.329. The second kappa shape index (κ2) is 7.57. The van der Waals surface area contributed by atoms with Gasteiger partial charge in [-0.05, 0) is 30.2 Å². The zero-order valence-corrected chi connectivity index (χ0v) is 11.2. The van der Waals surface area contributed by atoms with Gasteiger partial charge in [0.15, 0.2) is 18.1 Å². The quantitative estimate of drug-likeness (QED) is 0.804. The SMILES string of the molecule is COc1cc(CNCC(C)C)ccc1OCC#N. The molecule has 0 spiro atoms. The monoisotopic (exact) mass is 248 g/mol. The molecule has 0 fully saturated rings. The van der Waals surface area contributed by atoms with Crippen molar-refractivity contribution in [2.24, 2.45) is 5.92 Å². The van der Waals surface area contributed by atoms with Gasteiger partial charge in [0.2, 0.25) is 0 Å². The molecule has 98 valence electrons. The van der Waals surface area contributed by atoms with E-state index in [2.05, 4.69) is 19.2 Å².